The number of hydrogen-bond acceptors (Lipinski definition) is 4. The van der Waals surface area contributed by atoms with Gasteiger partial charge in [-0.25, -0.2) is 4.98 Å². The number of aromatic nitrogens is 1. The number of nitrogens with one attached hydrogen (secondary N) is 2. The van der Waals surface area contributed by atoms with Crippen LogP contribution in [0.25, 0.3) is 0 Å². The van der Waals surface area contributed by atoms with Gasteiger partial charge in [-0.15, -0.1) is 11.3 Å². The number of carbonyl (C=O) groups excluding carboxylic acids is 1. The van der Waals surface area contributed by atoms with Gasteiger partial charge in [-0.05, 0) is 18.2 Å². The van der Waals surface area contributed by atoms with Crippen LogP contribution in [0.2, 0.25) is 4.47 Å². The maximum absolute atomic E-state index is 13.0. The number of benzene rings is 1. The van der Waals surface area contributed by atoms with Gasteiger partial charge in [-0.1, -0.05) is 11.6 Å². The van der Waals surface area contributed by atoms with Crippen molar-refractivity contribution in [1.82, 2.24) is 4.98 Å². The molecular formula is C13H11ClF3N3OS. The zero-order valence-electron chi connectivity index (χ0n) is 11.3. The molecule has 0 bridgehead atoms. The normalized spacial score (nSPS) is 11.3. The van der Waals surface area contributed by atoms with E-state index in [9.17, 15) is 18.0 Å². The summed E-state index contributed by atoms with van der Waals surface area (Å²) in [5.74, 6) is -0.564. The van der Waals surface area contributed by atoms with Gasteiger partial charge in [-0.2, -0.15) is 13.2 Å². The molecule has 1 amide bonds. The maximum Gasteiger partial charge on any atom is 0.418 e. The molecule has 118 valence electrons. The Hall–Kier alpha value is -1.80. The minimum Gasteiger partial charge on any atom is -0.380 e. The van der Waals surface area contributed by atoms with E-state index >= 15 is 0 Å². The van der Waals surface area contributed by atoms with E-state index in [4.69, 9.17) is 11.6 Å². The Kier molecular flexibility index (Phi) is 4.92. The summed E-state index contributed by atoms with van der Waals surface area (Å²) >= 11 is 6.93. The molecule has 1 aromatic carbocycles. The summed E-state index contributed by atoms with van der Waals surface area (Å²) in [6.45, 7) is 1.46. The first-order valence-corrected chi connectivity index (χ1v) is 7.28. The van der Waals surface area contributed by atoms with Gasteiger partial charge >= 0.3 is 6.18 Å². The molecular weight excluding hydrogens is 339 g/mol. The Bertz CT molecular complexity index is 687. The zero-order valence-corrected chi connectivity index (χ0v) is 12.9. The minimum atomic E-state index is -4.57. The van der Waals surface area contributed by atoms with Crippen LogP contribution in [0.15, 0.2) is 24.4 Å². The lowest BCUT2D eigenvalue weighted by molar-refractivity contribution is -0.136. The lowest BCUT2D eigenvalue weighted by Gasteiger charge is -2.15. The topological polar surface area (TPSA) is 54.0 Å². The second-order valence-electron chi connectivity index (χ2n) is 4.37. The monoisotopic (exact) mass is 349 g/mol. The molecule has 0 saturated heterocycles. The van der Waals surface area contributed by atoms with Crippen molar-refractivity contribution in [3.63, 3.8) is 0 Å². The molecule has 0 unspecified atom stereocenters. The van der Waals surface area contributed by atoms with Crippen molar-refractivity contribution >= 4 is 40.2 Å². The summed E-state index contributed by atoms with van der Waals surface area (Å²) in [4.78, 5) is 15.6. The molecule has 1 heterocycles. The molecule has 0 aliphatic heterocycles. The highest BCUT2D eigenvalue weighted by atomic mass is 35.5. The predicted molar refractivity (Wildman–Crippen MR) is 80.2 cm³/mol. The first kappa shape index (κ1) is 16.6. The summed E-state index contributed by atoms with van der Waals surface area (Å²) in [5.41, 5.74) is -0.896. The van der Waals surface area contributed by atoms with Gasteiger partial charge in [0.25, 0.3) is 0 Å². The Labute approximate surface area is 133 Å². The molecule has 22 heavy (non-hydrogen) atoms. The van der Waals surface area contributed by atoms with E-state index < -0.39 is 17.6 Å². The van der Waals surface area contributed by atoms with Gasteiger partial charge in [0.05, 0.1) is 17.8 Å². The summed E-state index contributed by atoms with van der Waals surface area (Å²) in [6, 6.07) is 3.63. The molecule has 0 spiro atoms. The van der Waals surface area contributed by atoms with Crippen LogP contribution in [0.3, 0.4) is 0 Å². The van der Waals surface area contributed by atoms with Crippen molar-refractivity contribution < 1.29 is 18.0 Å². The first-order valence-electron chi connectivity index (χ1n) is 6.08. The number of anilines is 2. The van der Waals surface area contributed by atoms with Crippen molar-refractivity contribution in [2.45, 2.75) is 19.6 Å². The fraction of sp³-hybridized carbons (Fsp3) is 0.231. The van der Waals surface area contributed by atoms with E-state index in [0.29, 0.717) is 11.0 Å². The number of alkyl halides is 3. The molecule has 0 radical (unpaired) electrons. The van der Waals surface area contributed by atoms with Crippen LogP contribution in [-0.4, -0.2) is 10.9 Å². The fourth-order valence-electron chi connectivity index (χ4n) is 1.74. The van der Waals surface area contributed by atoms with E-state index in [1.807, 2.05) is 0 Å². The van der Waals surface area contributed by atoms with Crippen LogP contribution in [0.1, 0.15) is 17.4 Å². The van der Waals surface area contributed by atoms with Gasteiger partial charge in [0.1, 0.15) is 0 Å². The number of amides is 1. The molecule has 4 nitrogen and oxygen atoms in total. The van der Waals surface area contributed by atoms with E-state index in [2.05, 4.69) is 15.6 Å². The van der Waals surface area contributed by atoms with Crippen molar-refractivity contribution in [2.75, 3.05) is 10.6 Å². The summed E-state index contributed by atoms with van der Waals surface area (Å²) < 4.78 is 39.5. The van der Waals surface area contributed by atoms with Crippen LogP contribution < -0.4 is 10.6 Å². The van der Waals surface area contributed by atoms with Crippen molar-refractivity contribution in [3.05, 3.63) is 39.3 Å². The van der Waals surface area contributed by atoms with E-state index in [1.165, 1.54) is 23.5 Å². The van der Waals surface area contributed by atoms with Crippen LogP contribution in [0.5, 0.6) is 0 Å². The first-order chi connectivity index (χ1) is 10.3. The molecule has 1 aromatic heterocycles. The highest BCUT2D eigenvalue weighted by Gasteiger charge is 2.34. The number of carbonyl (C=O) groups is 1. The second-order valence-corrected chi connectivity index (χ2v) is 6.07. The summed E-state index contributed by atoms with van der Waals surface area (Å²) in [5, 5.41) is 5.04. The highest BCUT2D eigenvalue weighted by molar-refractivity contribution is 7.15. The van der Waals surface area contributed by atoms with Gasteiger partial charge in [-0.3, -0.25) is 4.79 Å². The standard InChI is InChI=1S/C13H11ClF3N3OS/c1-7(21)20-11-3-2-8(4-10(11)13(15,16)17)18-5-9-6-19-12(14)22-9/h2-4,6,18H,5H2,1H3,(H,20,21). The van der Waals surface area contributed by atoms with Crippen LogP contribution in [0, 0.1) is 0 Å². The number of nitrogens with zero attached hydrogens (tertiary/aromatic N) is 1. The average Bonchev–Trinajstić information content (AvgIpc) is 2.81. The fourth-order valence-corrected chi connectivity index (χ4v) is 2.66. The number of hydrogen-bond donors (Lipinski definition) is 2. The lowest BCUT2D eigenvalue weighted by Crippen LogP contribution is -2.14. The van der Waals surface area contributed by atoms with E-state index in [0.717, 1.165) is 17.9 Å². The highest BCUT2D eigenvalue weighted by Crippen LogP contribution is 2.36. The second kappa shape index (κ2) is 6.53. The van der Waals surface area contributed by atoms with Crippen LogP contribution in [-0.2, 0) is 17.5 Å². The van der Waals surface area contributed by atoms with Crippen molar-refractivity contribution in [3.8, 4) is 0 Å². The lowest BCUT2D eigenvalue weighted by atomic mass is 10.1. The number of rotatable bonds is 4. The number of halogens is 4. The molecule has 0 saturated carbocycles. The quantitative estimate of drug-likeness (QED) is 0.861. The summed E-state index contributed by atoms with van der Waals surface area (Å²) in [6.07, 6.45) is -3.01. The minimum absolute atomic E-state index is 0.272. The molecule has 2 aromatic rings. The average molecular weight is 350 g/mol. The Morgan fingerprint density at radius 2 is 2.14 bits per heavy atom. The van der Waals surface area contributed by atoms with E-state index in [1.54, 1.807) is 6.20 Å². The largest absolute Gasteiger partial charge is 0.418 e. The third-order valence-corrected chi connectivity index (χ3v) is 3.74. The van der Waals surface area contributed by atoms with Crippen LogP contribution >= 0.6 is 22.9 Å². The molecule has 0 fully saturated rings. The summed E-state index contributed by atoms with van der Waals surface area (Å²) in [7, 11) is 0. The molecule has 9 heteroatoms. The molecule has 2 N–H and O–H groups in total. The zero-order chi connectivity index (χ0) is 16.3. The number of thiazole rings is 1. The third-order valence-electron chi connectivity index (χ3n) is 2.63. The molecule has 0 atom stereocenters. The Morgan fingerprint density at radius 3 is 2.68 bits per heavy atom. The van der Waals surface area contributed by atoms with Gasteiger partial charge in [0, 0.05) is 23.7 Å². The maximum atomic E-state index is 13.0. The molecule has 0 aliphatic carbocycles. The Balaban J connectivity index is 2.20. The van der Waals surface area contributed by atoms with E-state index in [-0.39, 0.29) is 11.4 Å². The smallest absolute Gasteiger partial charge is 0.380 e. The predicted octanol–water partition coefficient (Wildman–Crippen LogP) is 4.39. The SMILES string of the molecule is CC(=O)Nc1ccc(NCc2cnc(Cl)s2)cc1C(F)(F)F. The Morgan fingerprint density at radius 1 is 1.41 bits per heavy atom. The van der Waals surface area contributed by atoms with Crippen molar-refractivity contribution in [1.29, 1.82) is 0 Å². The molecule has 0 aliphatic rings. The third kappa shape index (κ3) is 4.35. The van der Waals surface area contributed by atoms with Gasteiger partial charge in [0.2, 0.25) is 5.91 Å². The van der Waals surface area contributed by atoms with Gasteiger partial charge in [0.15, 0.2) is 4.47 Å². The molecule has 2 rings (SSSR count). The van der Waals surface area contributed by atoms with Crippen molar-refractivity contribution in [2.24, 2.45) is 0 Å². The van der Waals surface area contributed by atoms with Gasteiger partial charge < -0.3 is 10.6 Å². The van der Waals surface area contributed by atoms with Crippen LogP contribution in [0.4, 0.5) is 24.5 Å².